The largest absolute Gasteiger partial charge is 0.393 e. The van der Waals surface area contributed by atoms with E-state index in [1.807, 2.05) is 20.8 Å². The van der Waals surface area contributed by atoms with Gasteiger partial charge in [0.05, 0.1) is 22.4 Å². The Bertz CT molecular complexity index is 608. The molecule has 4 atom stereocenters. The van der Waals surface area contributed by atoms with Gasteiger partial charge in [-0.3, -0.25) is 0 Å². The molecule has 4 nitrogen and oxygen atoms in total. The number of rotatable bonds is 4. The average Bonchev–Trinajstić information content (AvgIpc) is 2.43. The fraction of sp³-hybridized carbons (Fsp3) is 0.647. The van der Waals surface area contributed by atoms with Crippen LogP contribution < -0.4 is 0 Å². The van der Waals surface area contributed by atoms with Gasteiger partial charge in [-0.15, -0.1) is 0 Å². The molecule has 1 saturated carbocycles. The van der Waals surface area contributed by atoms with E-state index >= 15 is 0 Å². The Hall–Kier alpha value is -0.910. The smallest absolute Gasteiger partial charge is 0.181 e. The van der Waals surface area contributed by atoms with Crippen molar-refractivity contribution in [3.63, 3.8) is 0 Å². The summed E-state index contributed by atoms with van der Waals surface area (Å²) in [5.41, 5.74) is -0.282. The van der Waals surface area contributed by atoms with E-state index in [2.05, 4.69) is 0 Å². The third-order valence-corrected chi connectivity index (χ3v) is 6.87. The first-order valence-corrected chi connectivity index (χ1v) is 9.54. The van der Waals surface area contributed by atoms with Crippen LogP contribution in [0.3, 0.4) is 0 Å². The van der Waals surface area contributed by atoms with Crippen LogP contribution >= 0.6 is 0 Å². The lowest BCUT2D eigenvalue weighted by Crippen LogP contribution is -2.54. The number of sulfone groups is 1. The van der Waals surface area contributed by atoms with Crippen molar-refractivity contribution in [1.82, 2.24) is 0 Å². The topological polar surface area (TPSA) is 74.6 Å². The van der Waals surface area contributed by atoms with Crippen molar-refractivity contribution in [2.24, 2.45) is 11.8 Å². The summed E-state index contributed by atoms with van der Waals surface area (Å²) in [5, 5.41) is 21.0. The molecule has 1 aromatic carbocycles. The molecule has 0 aliphatic heterocycles. The van der Waals surface area contributed by atoms with Gasteiger partial charge in [-0.25, -0.2) is 8.42 Å². The van der Waals surface area contributed by atoms with Crippen molar-refractivity contribution in [3.8, 4) is 0 Å². The molecule has 1 fully saturated rings. The molecular weight excluding hydrogens is 300 g/mol. The van der Waals surface area contributed by atoms with E-state index in [0.29, 0.717) is 19.3 Å². The highest BCUT2D eigenvalue weighted by Gasteiger charge is 2.48. The molecule has 0 radical (unpaired) electrons. The number of hydrogen-bond donors (Lipinski definition) is 2. The minimum absolute atomic E-state index is 0.202. The third kappa shape index (κ3) is 3.36. The second-order valence-electron chi connectivity index (χ2n) is 6.69. The van der Waals surface area contributed by atoms with E-state index in [1.165, 1.54) is 0 Å². The monoisotopic (exact) mass is 326 g/mol. The number of hydrogen-bond acceptors (Lipinski definition) is 4. The van der Waals surface area contributed by atoms with Crippen LogP contribution in [0.5, 0.6) is 0 Å². The molecular formula is C17H26O4S. The Morgan fingerprint density at radius 2 is 1.82 bits per heavy atom. The van der Waals surface area contributed by atoms with Crippen molar-refractivity contribution < 1.29 is 18.6 Å². The molecule has 0 saturated heterocycles. The van der Waals surface area contributed by atoms with Gasteiger partial charge in [0, 0.05) is 0 Å². The van der Waals surface area contributed by atoms with Crippen LogP contribution in [0, 0.1) is 18.8 Å². The van der Waals surface area contributed by atoms with Crippen LogP contribution in [0.4, 0.5) is 0 Å². The molecule has 5 heteroatoms. The second-order valence-corrected chi connectivity index (χ2v) is 8.68. The first-order chi connectivity index (χ1) is 10.2. The summed E-state index contributed by atoms with van der Waals surface area (Å²) < 4.78 is 25.4. The Labute approximate surface area is 133 Å². The molecule has 0 aromatic heterocycles. The normalized spacial score (nSPS) is 32.9. The molecule has 1 aromatic rings. The van der Waals surface area contributed by atoms with E-state index < -0.39 is 21.5 Å². The molecule has 2 N–H and O–H groups in total. The first kappa shape index (κ1) is 17.4. The maximum absolute atomic E-state index is 12.7. The molecule has 0 unspecified atom stereocenters. The van der Waals surface area contributed by atoms with Gasteiger partial charge in [0.1, 0.15) is 0 Å². The Morgan fingerprint density at radius 3 is 2.36 bits per heavy atom. The van der Waals surface area contributed by atoms with Crippen molar-refractivity contribution >= 4 is 9.84 Å². The van der Waals surface area contributed by atoms with Gasteiger partial charge in [0.25, 0.3) is 0 Å². The molecule has 0 bridgehead atoms. The molecule has 2 rings (SSSR count). The Morgan fingerprint density at radius 1 is 1.23 bits per heavy atom. The SMILES string of the molecule is CC[C@@H]1C[C@H](O)C[C@H](C)[C@@]1(O)CS(=O)(=O)c1ccc(C)cc1. The predicted octanol–water partition coefficient (Wildman–Crippen LogP) is 2.32. The van der Waals surface area contributed by atoms with E-state index in [1.54, 1.807) is 24.3 Å². The number of aliphatic hydroxyl groups excluding tert-OH is 1. The first-order valence-electron chi connectivity index (χ1n) is 7.89. The lowest BCUT2D eigenvalue weighted by Gasteiger charge is -2.46. The molecule has 0 heterocycles. The zero-order chi connectivity index (χ0) is 16.5. The van der Waals surface area contributed by atoms with E-state index in [4.69, 9.17) is 0 Å². The molecule has 0 amide bonds. The van der Waals surface area contributed by atoms with Crippen LogP contribution in [-0.2, 0) is 9.84 Å². The van der Waals surface area contributed by atoms with Crippen molar-refractivity contribution in [1.29, 1.82) is 0 Å². The summed E-state index contributed by atoms with van der Waals surface area (Å²) in [4.78, 5) is 0.250. The van der Waals surface area contributed by atoms with Crippen LogP contribution in [0.2, 0.25) is 0 Å². The second kappa shape index (κ2) is 6.30. The zero-order valence-corrected chi connectivity index (χ0v) is 14.3. The zero-order valence-electron chi connectivity index (χ0n) is 13.5. The molecule has 0 spiro atoms. The van der Waals surface area contributed by atoms with Gasteiger partial charge >= 0.3 is 0 Å². The van der Waals surface area contributed by atoms with Crippen molar-refractivity contribution in [2.45, 2.75) is 56.6 Å². The van der Waals surface area contributed by atoms with Gasteiger partial charge in [-0.2, -0.15) is 0 Å². The van der Waals surface area contributed by atoms with Crippen molar-refractivity contribution in [2.75, 3.05) is 5.75 Å². The van der Waals surface area contributed by atoms with Crippen LogP contribution in [-0.4, -0.2) is 36.1 Å². The highest BCUT2D eigenvalue weighted by molar-refractivity contribution is 7.91. The molecule has 1 aliphatic rings. The van der Waals surface area contributed by atoms with E-state index in [-0.39, 0.29) is 22.5 Å². The molecule has 22 heavy (non-hydrogen) atoms. The highest BCUT2D eigenvalue weighted by atomic mass is 32.2. The van der Waals surface area contributed by atoms with Gasteiger partial charge < -0.3 is 10.2 Å². The van der Waals surface area contributed by atoms with Gasteiger partial charge in [-0.1, -0.05) is 38.0 Å². The standard InChI is InChI=1S/C17H26O4S/c1-4-14-10-15(18)9-13(3)17(14,19)11-22(20,21)16-7-5-12(2)6-8-16/h5-8,13-15,18-19H,4,9-11H2,1-3H3/t13-,14+,15+,17-/m0/s1. The summed E-state index contributed by atoms with van der Waals surface area (Å²) in [6.45, 7) is 5.66. The predicted molar refractivity (Wildman–Crippen MR) is 86.4 cm³/mol. The lowest BCUT2D eigenvalue weighted by atomic mass is 9.68. The number of aliphatic hydroxyl groups is 2. The number of aryl methyl sites for hydroxylation is 1. The van der Waals surface area contributed by atoms with Crippen LogP contribution in [0.15, 0.2) is 29.2 Å². The Balaban J connectivity index is 2.31. The van der Waals surface area contributed by atoms with Gasteiger partial charge in [0.2, 0.25) is 0 Å². The van der Waals surface area contributed by atoms with E-state index in [9.17, 15) is 18.6 Å². The fourth-order valence-corrected chi connectivity index (χ4v) is 5.40. The average molecular weight is 326 g/mol. The minimum atomic E-state index is -3.56. The lowest BCUT2D eigenvalue weighted by molar-refractivity contribution is -0.104. The summed E-state index contributed by atoms with van der Waals surface area (Å²) in [7, 11) is -3.56. The summed E-state index contributed by atoms with van der Waals surface area (Å²) in [5.74, 6) is -0.733. The quantitative estimate of drug-likeness (QED) is 0.890. The maximum Gasteiger partial charge on any atom is 0.181 e. The molecule has 1 aliphatic carbocycles. The maximum atomic E-state index is 12.7. The highest BCUT2D eigenvalue weighted by Crippen LogP contribution is 2.41. The van der Waals surface area contributed by atoms with Gasteiger partial charge in [-0.05, 0) is 43.7 Å². The van der Waals surface area contributed by atoms with Gasteiger partial charge in [0.15, 0.2) is 9.84 Å². The number of benzene rings is 1. The summed E-state index contributed by atoms with van der Waals surface area (Å²) in [6.07, 6.45) is 1.10. The Kier molecular flexibility index (Phi) is 5.00. The summed E-state index contributed by atoms with van der Waals surface area (Å²) in [6, 6.07) is 6.72. The summed E-state index contributed by atoms with van der Waals surface area (Å²) >= 11 is 0. The minimum Gasteiger partial charge on any atom is -0.393 e. The molecule has 124 valence electrons. The van der Waals surface area contributed by atoms with E-state index in [0.717, 1.165) is 5.56 Å². The van der Waals surface area contributed by atoms with Crippen molar-refractivity contribution in [3.05, 3.63) is 29.8 Å². The van der Waals surface area contributed by atoms with Crippen LogP contribution in [0.25, 0.3) is 0 Å². The fourth-order valence-electron chi connectivity index (χ4n) is 3.56. The van der Waals surface area contributed by atoms with Crippen LogP contribution in [0.1, 0.15) is 38.7 Å². The third-order valence-electron chi connectivity index (χ3n) is 5.04.